The van der Waals surface area contributed by atoms with Crippen LogP contribution in [0.1, 0.15) is 37.9 Å². The summed E-state index contributed by atoms with van der Waals surface area (Å²) in [5.41, 5.74) is -0.393. The number of Topliss-reactive ketones (excluding diaryl/α,β-unsaturated/α-hetero) is 2. The summed E-state index contributed by atoms with van der Waals surface area (Å²) in [7, 11) is 1.26. The molecule has 6 rings (SSSR count). The number of aliphatic hydroxyl groups excluding tert-OH is 7. The predicted molar refractivity (Wildman–Crippen MR) is 194 cm³/mol. The van der Waals surface area contributed by atoms with Crippen molar-refractivity contribution in [3.63, 3.8) is 0 Å². The number of hydrogen-bond donors (Lipinski definition) is 12. The van der Waals surface area contributed by atoms with Crippen molar-refractivity contribution in [1.29, 1.82) is 0 Å². The van der Waals surface area contributed by atoms with Gasteiger partial charge in [0.05, 0.1) is 25.9 Å². The first-order chi connectivity index (χ1) is 28.4. The first-order valence-electron chi connectivity index (χ1n) is 17.6. The molecule has 2 fully saturated rings. The number of carbonyl (C=O) groups is 4. The van der Waals surface area contributed by atoms with E-state index >= 15 is 0 Å². The number of aldehydes is 1. The summed E-state index contributed by atoms with van der Waals surface area (Å²) >= 11 is 0. The van der Waals surface area contributed by atoms with Crippen molar-refractivity contribution in [3.05, 3.63) is 70.8 Å². The van der Waals surface area contributed by atoms with Crippen LogP contribution in [0.5, 0.6) is 40.2 Å². The van der Waals surface area contributed by atoms with Crippen LogP contribution in [0.25, 0.3) is 6.08 Å². The highest BCUT2D eigenvalue weighted by molar-refractivity contribution is 6.47. The second-order valence-electron chi connectivity index (χ2n) is 13.3. The van der Waals surface area contributed by atoms with Crippen molar-refractivity contribution in [3.8, 4) is 40.2 Å². The van der Waals surface area contributed by atoms with Gasteiger partial charge in [0.2, 0.25) is 11.6 Å². The third-order valence-electron chi connectivity index (χ3n) is 9.43. The molecule has 3 aliphatic rings. The van der Waals surface area contributed by atoms with Crippen molar-refractivity contribution >= 4 is 29.9 Å². The molecular formula is C38H40O22. The third kappa shape index (κ3) is 9.27. The molecule has 12 N–H and O–H groups in total. The largest absolute Gasteiger partial charge is 0.508 e. The van der Waals surface area contributed by atoms with Gasteiger partial charge in [0.25, 0.3) is 0 Å². The number of phenols is 5. The number of esters is 1. The number of ether oxygens (including phenoxy) is 6. The molecule has 11 atom stereocenters. The first kappa shape index (κ1) is 45.2. The maximum absolute atomic E-state index is 13.1. The van der Waals surface area contributed by atoms with E-state index in [4.69, 9.17) is 28.4 Å². The Bertz CT molecular complexity index is 2100. The van der Waals surface area contributed by atoms with E-state index in [0.29, 0.717) is 6.29 Å². The third-order valence-corrected chi connectivity index (χ3v) is 9.43. The molecule has 0 aliphatic carbocycles. The molecule has 0 radical (unpaired) electrons. The number of phenolic OH excluding ortho intramolecular Hbond substituents is 5. The Hall–Kier alpha value is -5.92. The van der Waals surface area contributed by atoms with Crippen molar-refractivity contribution in [2.24, 2.45) is 0 Å². The van der Waals surface area contributed by atoms with Crippen LogP contribution < -0.4 is 9.47 Å². The fourth-order valence-electron chi connectivity index (χ4n) is 6.32. The number of ketones is 2. The van der Waals surface area contributed by atoms with Crippen molar-refractivity contribution in [2.45, 2.75) is 67.5 Å². The van der Waals surface area contributed by atoms with Gasteiger partial charge >= 0.3 is 5.97 Å². The zero-order valence-electron chi connectivity index (χ0n) is 31.0. The Morgan fingerprint density at radius 1 is 0.767 bits per heavy atom. The fraction of sp³-hybridized carbons (Fsp3) is 0.368. The molecule has 3 aromatic rings. The molecule has 0 saturated carbocycles. The van der Waals surface area contributed by atoms with Crippen LogP contribution in [0.3, 0.4) is 0 Å². The van der Waals surface area contributed by atoms with Gasteiger partial charge in [0.1, 0.15) is 71.8 Å². The summed E-state index contributed by atoms with van der Waals surface area (Å²) in [5, 5.41) is 119. The number of fused-ring (bicyclic) bond motifs is 1. The standard InChI is InChI=1S/C23H30O15.C15H10O7/c1-34-12-5-9(3-2-4-24)10(6-11(12)27)21(32)37-20-17(30)15(28)13(7-25)36-23(20)38-19-16(29)14(8-26)35-22(33)18(19)31;16-7-4-10(19)12-11(5-7)22-15(14(21)13(12)20)6-1-2-8(17)9(18)3-6/h2-6,13-20,22-23,25-31,33H,7-8H2,1H3;1-5,15-19H/t13-,14-,15-,16+,17+,18-,19+,20-,22-,23+;/m1./s1. The fourth-order valence-corrected chi connectivity index (χ4v) is 6.32. The van der Waals surface area contributed by atoms with E-state index in [2.05, 4.69) is 0 Å². The lowest BCUT2D eigenvalue weighted by Crippen LogP contribution is -2.65. The van der Waals surface area contributed by atoms with Crippen molar-refractivity contribution in [1.82, 2.24) is 0 Å². The van der Waals surface area contributed by atoms with Crippen LogP contribution in [-0.2, 0) is 28.5 Å². The number of hydrogen-bond acceptors (Lipinski definition) is 22. The smallest absolute Gasteiger partial charge is 0.339 e. The second kappa shape index (κ2) is 19.0. The summed E-state index contributed by atoms with van der Waals surface area (Å²) in [6, 6.07) is 7.81. The molecule has 0 spiro atoms. The SMILES string of the molecule is COc1cc(C=CC=O)c(C(=O)O[C@H]2[C@H](O[C@@H]3[C@@H](O)[C@H](O)O[C@H](CO)[C@@H]3O)O[C@H](CO)[C@@H](O)[C@@H]2O)cc1O.O=C1C(=O)C(c2ccc(O)c(O)c2)Oc2cc(O)cc(O)c21. The Morgan fingerprint density at radius 2 is 1.45 bits per heavy atom. The molecular weight excluding hydrogens is 808 g/mol. The van der Waals surface area contributed by atoms with E-state index < -0.39 is 116 Å². The maximum Gasteiger partial charge on any atom is 0.339 e. The summed E-state index contributed by atoms with van der Waals surface area (Å²) < 4.78 is 31.6. The predicted octanol–water partition coefficient (Wildman–Crippen LogP) is -2.21. The van der Waals surface area contributed by atoms with Crippen molar-refractivity contribution < 1.29 is 109 Å². The van der Waals surface area contributed by atoms with E-state index in [1.54, 1.807) is 0 Å². The van der Waals surface area contributed by atoms with Gasteiger partial charge in [-0.2, -0.15) is 0 Å². The number of aromatic hydroxyl groups is 5. The lowest BCUT2D eigenvalue weighted by atomic mass is 9.94. The number of allylic oxidation sites excluding steroid dienone is 1. The molecule has 1 unspecified atom stereocenters. The van der Waals surface area contributed by atoms with E-state index in [0.717, 1.165) is 36.4 Å². The van der Waals surface area contributed by atoms with Gasteiger partial charge in [0.15, 0.2) is 47.8 Å². The van der Waals surface area contributed by atoms with Crippen LogP contribution in [0.4, 0.5) is 0 Å². The van der Waals surface area contributed by atoms with Crippen LogP contribution >= 0.6 is 0 Å². The molecule has 3 aromatic carbocycles. The highest BCUT2D eigenvalue weighted by atomic mass is 16.7. The molecule has 60 heavy (non-hydrogen) atoms. The Morgan fingerprint density at radius 3 is 2.08 bits per heavy atom. The van der Waals surface area contributed by atoms with E-state index in [-0.39, 0.29) is 45.3 Å². The van der Waals surface area contributed by atoms with E-state index in [9.17, 15) is 80.5 Å². The lowest BCUT2D eigenvalue weighted by molar-refractivity contribution is -0.355. The monoisotopic (exact) mass is 848 g/mol. The topological polar surface area (TPSA) is 366 Å². The van der Waals surface area contributed by atoms with Gasteiger partial charge in [-0.3, -0.25) is 14.4 Å². The molecule has 3 heterocycles. The van der Waals surface area contributed by atoms with Crippen molar-refractivity contribution in [2.75, 3.05) is 20.3 Å². The number of carbonyl (C=O) groups excluding carboxylic acids is 4. The summed E-state index contributed by atoms with van der Waals surface area (Å²) in [6.45, 7) is -1.58. The van der Waals surface area contributed by atoms with E-state index in [1.165, 1.54) is 25.3 Å². The highest BCUT2D eigenvalue weighted by Gasteiger charge is 2.52. The zero-order chi connectivity index (χ0) is 44.2. The Balaban J connectivity index is 0.000000261. The van der Waals surface area contributed by atoms with Crippen LogP contribution in [0.15, 0.2) is 48.5 Å². The summed E-state index contributed by atoms with van der Waals surface area (Å²) in [4.78, 5) is 48.2. The van der Waals surface area contributed by atoms with Crippen LogP contribution in [0, 0.1) is 0 Å². The number of rotatable bonds is 10. The molecule has 2 saturated heterocycles. The van der Waals surface area contributed by atoms with Gasteiger partial charge < -0.3 is 89.7 Å². The lowest BCUT2D eigenvalue weighted by Gasteiger charge is -2.45. The van der Waals surface area contributed by atoms with Gasteiger partial charge in [-0.05, 0) is 35.9 Å². The first-order valence-corrected chi connectivity index (χ1v) is 17.6. The molecule has 22 heteroatoms. The molecule has 3 aliphatic heterocycles. The zero-order valence-corrected chi connectivity index (χ0v) is 31.0. The van der Waals surface area contributed by atoms with Gasteiger partial charge in [-0.15, -0.1) is 0 Å². The van der Waals surface area contributed by atoms with Gasteiger partial charge in [-0.1, -0.05) is 12.1 Å². The number of aliphatic hydroxyl groups is 7. The summed E-state index contributed by atoms with van der Waals surface area (Å²) in [6.07, 6.45) is -16.1. The van der Waals surface area contributed by atoms with E-state index in [1.807, 2.05) is 0 Å². The molecule has 324 valence electrons. The molecule has 22 nitrogen and oxygen atoms in total. The molecule has 0 bridgehead atoms. The van der Waals surface area contributed by atoms with Gasteiger partial charge in [0, 0.05) is 17.7 Å². The normalized spacial score (nSPS) is 28.8. The average molecular weight is 849 g/mol. The second-order valence-corrected chi connectivity index (χ2v) is 13.3. The minimum Gasteiger partial charge on any atom is -0.508 e. The number of methoxy groups -OCH3 is 1. The minimum atomic E-state index is -1.93. The van der Waals surface area contributed by atoms with Crippen LogP contribution in [0.2, 0.25) is 0 Å². The quantitative estimate of drug-likeness (QED) is 0.0338. The Labute approximate surface area is 337 Å². The molecule has 0 amide bonds. The molecule has 0 aromatic heterocycles. The van der Waals surface area contributed by atoms with Crippen LogP contribution in [-0.4, -0.2) is 167 Å². The maximum atomic E-state index is 13.1. The van der Waals surface area contributed by atoms with Gasteiger partial charge in [-0.25, -0.2) is 4.79 Å². The average Bonchev–Trinajstić information content (AvgIpc) is 3.21. The highest BCUT2D eigenvalue weighted by Crippen LogP contribution is 2.41. The number of benzene rings is 3. The Kier molecular flexibility index (Phi) is 14.3. The minimum absolute atomic E-state index is 0.0324. The summed E-state index contributed by atoms with van der Waals surface area (Å²) in [5.74, 6) is -5.45.